The summed E-state index contributed by atoms with van der Waals surface area (Å²) in [6, 6.07) is 5.74. The van der Waals surface area contributed by atoms with E-state index in [0.717, 1.165) is 6.20 Å². The van der Waals surface area contributed by atoms with Gasteiger partial charge < -0.3 is 5.32 Å². The lowest BCUT2D eigenvalue weighted by atomic mass is 10.2. The van der Waals surface area contributed by atoms with Crippen LogP contribution in [0.15, 0.2) is 36.7 Å². The number of carbonyl (C=O) groups is 1. The molecule has 0 fully saturated rings. The Labute approximate surface area is 135 Å². The first-order valence-corrected chi connectivity index (χ1v) is 6.90. The zero-order valence-corrected chi connectivity index (χ0v) is 12.7. The summed E-state index contributed by atoms with van der Waals surface area (Å²) in [4.78, 5) is 27.6. The number of rotatable bonds is 7. The Hall–Kier alpha value is -2.88. The normalized spacial score (nSPS) is 11.0. The van der Waals surface area contributed by atoms with E-state index in [9.17, 15) is 23.7 Å². The van der Waals surface area contributed by atoms with Crippen molar-refractivity contribution in [1.82, 2.24) is 14.5 Å². The van der Waals surface area contributed by atoms with Crippen molar-refractivity contribution in [2.45, 2.75) is 13.1 Å². The van der Waals surface area contributed by atoms with Gasteiger partial charge in [-0.05, 0) is 13.1 Å². The van der Waals surface area contributed by atoms with Crippen LogP contribution < -0.4 is 5.32 Å². The maximum Gasteiger partial charge on any atom is 0.319 e. The first-order valence-electron chi connectivity index (χ1n) is 6.90. The van der Waals surface area contributed by atoms with Crippen LogP contribution in [0.25, 0.3) is 0 Å². The van der Waals surface area contributed by atoms with Crippen molar-refractivity contribution in [2.75, 3.05) is 18.9 Å². The number of anilines is 1. The minimum absolute atomic E-state index is 0.0294. The average molecular weight is 339 g/mol. The van der Waals surface area contributed by atoms with E-state index in [0.29, 0.717) is 4.57 Å². The fourth-order valence-electron chi connectivity index (χ4n) is 2.11. The number of carbonyl (C=O) groups excluding carboxylic acids is 1. The average Bonchev–Trinajstić information content (AvgIpc) is 2.95. The van der Waals surface area contributed by atoms with Gasteiger partial charge in [-0.1, -0.05) is 12.1 Å². The van der Waals surface area contributed by atoms with Crippen LogP contribution in [-0.4, -0.2) is 38.9 Å². The number of para-hydroxylation sites is 2. The molecule has 2 aromatic rings. The van der Waals surface area contributed by atoms with E-state index in [-0.39, 0.29) is 30.3 Å². The molecule has 1 heterocycles. The van der Waals surface area contributed by atoms with E-state index in [2.05, 4.69) is 10.3 Å². The summed E-state index contributed by atoms with van der Waals surface area (Å²) >= 11 is 0. The molecule has 0 aliphatic rings. The molecule has 1 aromatic carbocycles. The predicted octanol–water partition coefficient (Wildman–Crippen LogP) is 2.26. The van der Waals surface area contributed by atoms with Crippen molar-refractivity contribution in [3.63, 3.8) is 0 Å². The SMILES string of the molecule is CN(CC(=O)Nc1ccccc1[N+](=O)[O-])Cc1nccn1C(F)F. The lowest BCUT2D eigenvalue weighted by molar-refractivity contribution is -0.383. The number of nitrogens with one attached hydrogen (secondary N) is 1. The molecule has 0 saturated heterocycles. The van der Waals surface area contributed by atoms with Gasteiger partial charge in [0.15, 0.2) is 0 Å². The number of hydrogen-bond acceptors (Lipinski definition) is 5. The summed E-state index contributed by atoms with van der Waals surface area (Å²) in [7, 11) is 1.56. The van der Waals surface area contributed by atoms with E-state index >= 15 is 0 Å². The molecular formula is C14H15F2N5O3. The van der Waals surface area contributed by atoms with E-state index in [4.69, 9.17) is 0 Å². The zero-order valence-electron chi connectivity index (χ0n) is 12.7. The summed E-state index contributed by atoms with van der Waals surface area (Å²) in [5.41, 5.74) is -0.142. The van der Waals surface area contributed by atoms with Crippen molar-refractivity contribution in [1.29, 1.82) is 0 Å². The summed E-state index contributed by atoms with van der Waals surface area (Å²) in [5.74, 6) is -0.382. The molecule has 8 nitrogen and oxygen atoms in total. The van der Waals surface area contributed by atoms with Crippen molar-refractivity contribution in [3.8, 4) is 0 Å². The highest BCUT2D eigenvalue weighted by Crippen LogP contribution is 2.23. The number of benzene rings is 1. The Balaban J connectivity index is 1.97. The van der Waals surface area contributed by atoms with Gasteiger partial charge >= 0.3 is 6.55 Å². The number of imidazole rings is 1. The smallest absolute Gasteiger partial charge is 0.319 e. The molecule has 128 valence electrons. The predicted molar refractivity (Wildman–Crippen MR) is 81.5 cm³/mol. The Morgan fingerprint density at radius 3 is 2.83 bits per heavy atom. The molecule has 0 aliphatic carbocycles. The second-order valence-corrected chi connectivity index (χ2v) is 5.02. The van der Waals surface area contributed by atoms with Gasteiger partial charge in [0.1, 0.15) is 11.5 Å². The highest BCUT2D eigenvalue weighted by Gasteiger charge is 2.17. The molecule has 0 atom stereocenters. The molecule has 0 bridgehead atoms. The van der Waals surface area contributed by atoms with Gasteiger partial charge in [0.2, 0.25) is 5.91 Å². The number of likely N-dealkylation sites (N-methyl/N-ethyl adjacent to an activating group) is 1. The van der Waals surface area contributed by atoms with Crippen LogP contribution in [0.2, 0.25) is 0 Å². The summed E-state index contributed by atoms with van der Waals surface area (Å²) in [5, 5.41) is 13.3. The van der Waals surface area contributed by atoms with Crippen LogP contribution in [0.3, 0.4) is 0 Å². The monoisotopic (exact) mass is 339 g/mol. The molecule has 0 saturated carbocycles. The molecule has 24 heavy (non-hydrogen) atoms. The number of nitro groups is 1. The minimum Gasteiger partial charge on any atom is -0.319 e. The molecule has 0 unspecified atom stereocenters. The quantitative estimate of drug-likeness (QED) is 0.617. The summed E-state index contributed by atoms with van der Waals surface area (Å²) in [6.07, 6.45) is 2.41. The number of nitro benzene ring substituents is 1. The van der Waals surface area contributed by atoms with Gasteiger partial charge in [-0.15, -0.1) is 0 Å². The van der Waals surface area contributed by atoms with Crippen LogP contribution in [0, 0.1) is 10.1 Å². The molecule has 1 aromatic heterocycles. The molecule has 1 N–H and O–H groups in total. The first kappa shape index (κ1) is 17.5. The number of halogens is 2. The molecule has 0 spiro atoms. The third-order valence-corrected chi connectivity index (χ3v) is 3.16. The van der Waals surface area contributed by atoms with Crippen LogP contribution in [0.5, 0.6) is 0 Å². The lowest BCUT2D eigenvalue weighted by Crippen LogP contribution is -2.31. The van der Waals surface area contributed by atoms with E-state index in [1.54, 1.807) is 13.1 Å². The highest BCUT2D eigenvalue weighted by molar-refractivity contribution is 5.94. The standard InChI is InChI=1S/C14H15F2N5O3/c1-19(8-12-17-6-7-20(12)14(15)16)9-13(22)18-10-4-2-3-5-11(10)21(23)24/h2-7,14H,8-9H2,1H3,(H,18,22). The topological polar surface area (TPSA) is 93.3 Å². The summed E-state index contributed by atoms with van der Waals surface area (Å²) in [6.45, 7) is -2.82. The largest absolute Gasteiger partial charge is 0.319 e. The molecular weight excluding hydrogens is 324 g/mol. The number of nitrogens with zero attached hydrogens (tertiary/aromatic N) is 4. The van der Waals surface area contributed by atoms with Crippen LogP contribution in [0.1, 0.15) is 12.4 Å². The number of alkyl halides is 2. The Morgan fingerprint density at radius 2 is 2.17 bits per heavy atom. The van der Waals surface area contributed by atoms with E-state index in [1.807, 2.05) is 0 Å². The Bertz CT molecular complexity index is 735. The summed E-state index contributed by atoms with van der Waals surface area (Å²) < 4.78 is 26.2. The Morgan fingerprint density at radius 1 is 1.46 bits per heavy atom. The van der Waals surface area contributed by atoms with Crippen molar-refractivity contribution in [3.05, 3.63) is 52.6 Å². The number of aromatic nitrogens is 2. The highest BCUT2D eigenvalue weighted by atomic mass is 19.3. The van der Waals surface area contributed by atoms with Crippen molar-refractivity contribution < 1.29 is 18.5 Å². The number of hydrogen-bond donors (Lipinski definition) is 1. The zero-order chi connectivity index (χ0) is 17.7. The van der Waals surface area contributed by atoms with E-state index < -0.39 is 17.4 Å². The minimum atomic E-state index is -2.71. The first-order chi connectivity index (χ1) is 11.4. The van der Waals surface area contributed by atoms with E-state index in [1.165, 1.54) is 29.3 Å². The third-order valence-electron chi connectivity index (χ3n) is 3.16. The van der Waals surface area contributed by atoms with Gasteiger partial charge in [-0.3, -0.25) is 24.4 Å². The maximum absolute atomic E-state index is 12.7. The van der Waals surface area contributed by atoms with Crippen LogP contribution in [0.4, 0.5) is 20.2 Å². The van der Waals surface area contributed by atoms with Gasteiger partial charge in [-0.25, -0.2) is 4.98 Å². The van der Waals surface area contributed by atoms with Crippen molar-refractivity contribution in [2.24, 2.45) is 0 Å². The number of amides is 1. The van der Waals surface area contributed by atoms with Crippen LogP contribution >= 0.6 is 0 Å². The lowest BCUT2D eigenvalue weighted by Gasteiger charge is -2.16. The molecule has 0 aliphatic heterocycles. The molecule has 0 radical (unpaired) electrons. The van der Waals surface area contributed by atoms with Crippen LogP contribution in [-0.2, 0) is 11.3 Å². The van der Waals surface area contributed by atoms with Gasteiger partial charge in [0.05, 0.1) is 18.0 Å². The molecule has 1 amide bonds. The Kier molecular flexibility index (Phi) is 5.53. The maximum atomic E-state index is 12.7. The third kappa shape index (κ3) is 4.32. The van der Waals surface area contributed by atoms with Gasteiger partial charge in [0, 0.05) is 18.5 Å². The fourth-order valence-corrected chi connectivity index (χ4v) is 2.11. The second-order valence-electron chi connectivity index (χ2n) is 5.02. The molecule has 2 rings (SSSR count). The van der Waals surface area contributed by atoms with Gasteiger partial charge in [0.25, 0.3) is 5.69 Å². The van der Waals surface area contributed by atoms with Gasteiger partial charge in [-0.2, -0.15) is 8.78 Å². The fraction of sp³-hybridized carbons (Fsp3) is 0.286. The van der Waals surface area contributed by atoms with Crippen molar-refractivity contribution >= 4 is 17.3 Å². The second kappa shape index (κ2) is 7.59. The molecule has 10 heteroatoms.